The van der Waals surface area contributed by atoms with Crippen LogP contribution in [-0.2, 0) is 5.75 Å². The van der Waals surface area contributed by atoms with Gasteiger partial charge in [0.1, 0.15) is 5.69 Å². The minimum Gasteiger partial charge on any atom is -0.477 e. The number of halogens is 1. The Morgan fingerprint density at radius 3 is 2.94 bits per heavy atom. The van der Waals surface area contributed by atoms with Crippen molar-refractivity contribution in [3.05, 3.63) is 45.4 Å². The van der Waals surface area contributed by atoms with E-state index >= 15 is 0 Å². The predicted molar refractivity (Wildman–Crippen MR) is 70.1 cm³/mol. The molecule has 0 aliphatic heterocycles. The molecule has 0 atom stereocenters. The zero-order valence-corrected chi connectivity index (χ0v) is 11.0. The minimum atomic E-state index is -1.01. The molecule has 0 aliphatic rings. The maximum atomic E-state index is 10.7. The maximum Gasteiger partial charge on any atom is 0.354 e. The van der Waals surface area contributed by atoms with Gasteiger partial charge in [0.2, 0.25) is 0 Å². The zero-order valence-electron chi connectivity index (χ0n) is 8.59. The lowest BCUT2D eigenvalue weighted by atomic mass is 10.3. The Kier molecular flexibility index (Phi) is 4.04. The second-order valence-corrected chi connectivity index (χ2v) is 6.02. The molecule has 88 valence electrons. The highest BCUT2D eigenvalue weighted by Crippen LogP contribution is 2.28. The molecule has 0 unspecified atom stereocenters. The summed E-state index contributed by atoms with van der Waals surface area (Å²) in [5, 5.41) is 8.81. The highest BCUT2D eigenvalue weighted by Gasteiger charge is 2.06. The van der Waals surface area contributed by atoms with Crippen molar-refractivity contribution in [3.63, 3.8) is 0 Å². The molecule has 0 fully saturated rings. The summed E-state index contributed by atoms with van der Waals surface area (Å²) < 4.78 is 0.765. The van der Waals surface area contributed by atoms with Gasteiger partial charge in [0.25, 0.3) is 0 Å². The van der Waals surface area contributed by atoms with Crippen LogP contribution < -0.4 is 0 Å². The molecule has 0 aliphatic carbocycles. The van der Waals surface area contributed by atoms with E-state index in [4.69, 9.17) is 16.7 Å². The van der Waals surface area contributed by atoms with E-state index in [1.807, 2.05) is 12.1 Å². The van der Waals surface area contributed by atoms with E-state index in [0.717, 1.165) is 19.9 Å². The van der Waals surface area contributed by atoms with Crippen LogP contribution in [0.3, 0.4) is 0 Å². The predicted octanol–water partition coefficient (Wildman–Crippen LogP) is 3.79. The largest absolute Gasteiger partial charge is 0.477 e. The van der Waals surface area contributed by atoms with Gasteiger partial charge in [-0.25, -0.2) is 9.78 Å². The van der Waals surface area contributed by atoms with Crippen molar-refractivity contribution in [3.8, 4) is 0 Å². The van der Waals surface area contributed by atoms with Crippen LogP contribution in [-0.4, -0.2) is 16.1 Å². The molecule has 2 aromatic rings. The molecule has 0 spiro atoms. The Labute approximate surface area is 111 Å². The van der Waals surface area contributed by atoms with Gasteiger partial charge in [-0.1, -0.05) is 11.6 Å². The van der Waals surface area contributed by atoms with Crippen LogP contribution in [0.4, 0.5) is 0 Å². The van der Waals surface area contributed by atoms with Crippen molar-refractivity contribution >= 4 is 40.7 Å². The highest BCUT2D eigenvalue weighted by molar-refractivity contribution is 7.98. The molecule has 1 N–H and O–H groups in total. The van der Waals surface area contributed by atoms with Crippen LogP contribution in [0.2, 0.25) is 4.34 Å². The van der Waals surface area contributed by atoms with Gasteiger partial charge in [-0.15, -0.1) is 23.1 Å². The van der Waals surface area contributed by atoms with Crippen molar-refractivity contribution in [2.45, 2.75) is 10.6 Å². The van der Waals surface area contributed by atoms with Crippen molar-refractivity contribution in [2.24, 2.45) is 0 Å². The summed E-state index contributed by atoms with van der Waals surface area (Å²) in [6.07, 6.45) is 1.51. The van der Waals surface area contributed by atoms with Crippen LogP contribution in [0, 0.1) is 0 Å². The molecule has 17 heavy (non-hydrogen) atoms. The number of thiophene rings is 1. The van der Waals surface area contributed by atoms with Crippen molar-refractivity contribution in [2.75, 3.05) is 0 Å². The van der Waals surface area contributed by atoms with E-state index < -0.39 is 5.97 Å². The molecule has 0 aromatic carbocycles. The quantitative estimate of drug-likeness (QED) is 0.869. The average Bonchev–Trinajstić information content (AvgIpc) is 2.73. The number of nitrogens with zero attached hydrogens (tertiary/aromatic N) is 1. The van der Waals surface area contributed by atoms with Crippen molar-refractivity contribution in [1.82, 2.24) is 4.98 Å². The number of aromatic carboxylic acids is 1. The van der Waals surface area contributed by atoms with E-state index in [1.54, 1.807) is 23.9 Å². The van der Waals surface area contributed by atoms with Crippen LogP contribution in [0.15, 0.2) is 35.4 Å². The lowest BCUT2D eigenvalue weighted by Crippen LogP contribution is -1.99. The van der Waals surface area contributed by atoms with Gasteiger partial charge in [0, 0.05) is 21.7 Å². The molecule has 2 aromatic heterocycles. The van der Waals surface area contributed by atoms with Crippen LogP contribution in [0.1, 0.15) is 15.4 Å². The van der Waals surface area contributed by atoms with E-state index in [0.29, 0.717) is 0 Å². The average molecular weight is 286 g/mol. The van der Waals surface area contributed by atoms with Gasteiger partial charge < -0.3 is 5.11 Å². The number of hydrogen-bond acceptors (Lipinski definition) is 4. The molecule has 2 rings (SSSR count). The summed E-state index contributed by atoms with van der Waals surface area (Å²) in [6.45, 7) is 0. The Morgan fingerprint density at radius 1 is 1.47 bits per heavy atom. The summed E-state index contributed by atoms with van der Waals surface area (Å²) in [7, 11) is 0. The van der Waals surface area contributed by atoms with Gasteiger partial charge in [0.15, 0.2) is 0 Å². The van der Waals surface area contributed by atoms with Gasteiger partial charge in [0.05, 0.1) is 4.34 Å². The SMILES string of the molecule is O=C(O)c1cc(SCc2ccc(Cl)s2)ccn1. The first-order valence-corrected chi connectivity index (χ1v) is 6.89. The van der Waals surface area contributed by atoms with Crippen LogP contribution in [0.25, 0.3) is 0 Å². The summed E-state index contributed by atoms with van der Waals surface area (Å²) in [5.41, 5.74) is 0.0687. The molecule has 3 nitrogen and oxygen atoms in total. The summed E-state index contributed by atoms with van der Waals surface area (Å²) >= 11 is 8.93. The van der Waals surface area contributed by atoms with E-state index in [2.05, 4.69) is 4.98 Å². The fourth-order valence-electron chi connectivity index (χ4n) is 1.20. The number of carbonyl (C=O) groups is 1. The topological polar surface area (TPSA) is 50.2 Å². The lowest BCUT2D eigenvalue weighted by Gasteiger charge is -2.00. The molecule has 6 heteroatoms. The molecule has 2 heterocycles. The first kappa shape index (κ1) is 12.4. The third-order valence-electron chi connectivity index (χ3n) is 1.96. The van der Waals surface area contributed by atoms with Gasteiger partial charge in [-0.05, 0) is 24.3 Å². The lowest BCUT2D eigenvalue weighted by molar-refractivity contribution is 0.0690. The van der Waals surface area contributed by atoms with Gasteiger partial charge in [-0.3, -0.25) is 0 Å². The minimum absolute atomic E-state index is 0.0687. The molecule has 0 radical (unpaired) electrons. The number of carboxylic acid groups (broad SMARTS) is 1. The number of hydrogen-bond donors (Lipinski definition) is 1. The molecular weight excluding hydrogens is 278 g/mol. The second kappa shape index (κ2) is 5.53. The van der Waals surface area contributed by atoms with Gasteiger partial charge >= 0.3 is 5.97 Å². The third-order valence-corrected chi connectivity index (χ3v) is 4.42. The maximum absolute atomic E-state index is 10.7. The Bertz CT molecular complexity index is 542. The Balaban J connectivity index is 2.04. The summed E-state index contributed by atoms with van der Waals surface area (Å²) in [6, 6.07) is 7.20. The standard InChI is InChI=1S/C11H8ClNO2S2/c12-10-2-1-8(17-10)6-16-7-3-4-13-9(5-7)11(14)15/h1-5H,6H2,(H,14,15). The first-order chi connectivity index (χ1) is 8.15. The smallest absolute Gasteiger partial charge is 0.354 e. The molecular formula is C11H8ClNO2S2. The van der Waals surface area contributed by atoms with Crippen LogP contribution >= 0.6 is 34.7 Å². The summed E-state index contributed by atoms with van der Waals surface area (Å²) in [5.74, 6) is -0.230. The number of carboxylic acids is 1. The van der Waals surface area contributed by atoms with E-state index in [-0.39, 0.29) is 5.69 Å². The fourth-order valence-corrected chi connectivity index (χ4v) is 3.25. The molecule has 0 bridgehead atoms. The number of rotatable bonds is 4. The second-order valence-electron chi connectivity index (χ2n) is 3.18. The zero-order chi connectivity index (χ0) is 12.3. The van der Waals surface area contributed by atoms with Crippen LogP contribution in [0.5, 0.6) is 0 Å². The van der Waals surface area contributed by atoms with Crippen molar-refractivity contribution in [1.29, 1.82) is 0 Å². The van der Waals surface area contributed by atoms with Crippen molar-refractivity contribution < 1.29 is 9.90 Å². The highest BCUT2D eigenvalue weighted by atomic mass is 35.5. The molecule has 0 amide bonds. The normalized spacial score (nSPS) is 10.4. The number of pyridine rings is 1. The number of aromatic nitrogens is 1. The Hall–Kier alpha value is -1.04. The number of thioether (sulfide) groups is 1. The fraction of sp³-hybridized carbons (Fsp3) is 0.0909. The monoisotopic (exact) mass is 285 g/mol. The Morgan fingerprint density at radius 2 is 2.29 bits per heavy atom. The van der Waals surface area contributed by atoms with E-state index in [9.17, 15) is 4.79 Å². The molecule has 0 saturated carbocycles. The first-order valence-electron chi connectivity index (χ1n) is 4.71. The van der Waals surface area contributed by atoms with E-state index in [1.165, 1.54) is 17.5 Å². The molecule has 0 saturated heterocycles. The third kappa shape index (κ3) is 3.46. The summed E-state index contributed by atoms with van der Waals surface area (Å²) in [4.78, 5) is 16.6. The van der Waals surface area contributed by atoms with Gasteiger partial charge in [-0.2, -0.15) is 0 Å².